The van der Waals surface area contributed by atoms with Crippen LogP contribution in [0.2, 0.25) is 0 Å². The molecule has 0 spiro atoms. The van der Waals surface area contributed by atoms with E-state index in [0.29, 0.717) is 36.7 Å². The van der Waals surface area contributed by atoms with Crippen LogP contribution in [0.25, 0.3) is 0 Å². The molecule has 0 aliphatic carbocycles. The van der Waals surface area contributed by atoms with Crippen LogP contribution in [0.4, 0.5) is 4.79 Å². The van der Waals surface area contributed by atoms with Crippen molar-refractivity contribution in [2.24, 2.45) is 0 Å². The Labute approximate surface area is 149 Å². The van der Waals surface area contributed by atoms with Crippen molar-refractivity contribution >= 4 is 6.16 Å². The zero-order valence-corrected chi connectivity index (χ0v) is 15.5. The van der Waals surface area contributed by atoms with Gasteiger partial charge in [-0.3, -0.25) is 0 Å². The molecule has 25 heavy (non-hydrogen) atoms. The SMILES string of the molecule is CCCCOc1cc(OC(=O)O)c(O)c(CCCC)c1OCCCC. The van der Waals surface area contributed by atoms with Crippen LogP contribution in [0.5, 0.6) is 23.0 Å². The van der Waals surface area contributed by atoms with Crippen LogP contribution in [-0.2, 0) is 6.42 Å². The molecule has 0 atom stereocenters. The number of ether oxygens (including phenoxy) is 3. The van der Waals surface area contributed by atoms with Crippen LogP contribution < -0.4 is 14.2 Å². The van der Waals surface area contributed by atoms with E-state index in [2.05, 4.69) is 13.8 Å². The number of benzene rings is 1. The maximum atomic E-state index is 10.9. The third-order valence-electron chi connectivity index (χ3n) is 3.76. The summed E-state index contributed by atoms with van der Waals surface area (Å²) in [6, 6.07) is 1.40. The van der Waals surface area contributed by atoms with E-state index in [4.69, 9.17) is 19.3 Å². The van der Waals surface area contributed by atoms with Gasteiger partial charge in [0.2, 0.25) is 0 Å². The molecule has 0 saturated heterocycles. The van der Waals surface area contributed by atoms with Gasteiger partial charge in [-0.05, 0) is 25.7 Å². The monoisotopic (exact) mass is 354 g/mol. The first-order valence-corrected chi connectivity index (χ1v) is 9.10. The Morgan fingerprint density at radius 3 is 2.12 bits per heavy atom. The second-order valence-corrected chi connectivity index (χ2v) is 5.90. The van der Waals surface area contributed by atoms with Gasteiger partial charge in [-0.25, -0.2) is 4.79 Å². The van der Waals surface area contributed by atoms with Crippen molar-refractivity contribution in [3.63, 3.8) is 0 Å². The van der Waals surface area contributed by atoms with Gasteiger partial charge in [0.1, 0.15) is 0 Å². The van der Waals surface area contributed by atoms with Crippen molar-refractivity contribution in [3.8, 4) is 23.0 Å². The Morgan fingerprint density at radius 2 is 1.56 bits per heavy atom. The minimum Gasteiger partial charge on any atom is -0.504 e. The lowest BCUT2D eigenvalue weighted by Gasteiger charge is -2.19. The van der Waals surface area contributed by atoms with E-state index in [9.17, 15) is 9.90 Å². The molecule has 0 heterocycles. The van der Waals surface area contributed by atoms with E-state index >= 15 is 0 Å². The molecule has 0 unspecified atom stereocenters. The average molecular weight is 354 g/mol. The van der Waals surface area contributed by atoms with E-state index in [1.54, 1.807) is 0 Å². The molecule has 0 aromatic heterocycles. The number of phenolic OH excluding ortho intramolecular Hbond substituents is 1. The van der Waals surface area contributed by atoms with E-state index in [1.165, 1.54) is 6.07 Å². The molecule has 6 nitrogen and oxygen atoms in total. The van der Waals surface area contributed by atoms with E-state index in [-0.39, 0.29) is 11.5 Å². The summed E-state index contributed by atoms with van der Waals surface area (Å²) in [4.78, 5) is 10.9. The first-order chi connectivity index (χ1) is 12.0. The topological polar surface area (TPSA) is 85.2 Å². The largest absolute Gasteiger partial charge is 0.511 e. The minimum absolute atomic E-state index is 0.118. The van der Waals surface area contributed by atoms with Crippen molar-refractivity contribution in [2.45, 2.75) is 65.7 Å². The smallest absolute Gasteiger partial charge is 0.504 e. The van der Waals surface area contributed by atoms with Crippen LogP contribution in [-0.4, -0.2) is 29.6 Å². The van der Waals surface area contributed by atoms with E-state index in [1.807, 2.05) is 6.92 Å². The van der Waals surface area contributed by atoms with Gasteiger partial charge in [-0.1, -0.05) is 40.0 Å². The molecule has 0 amide bonds. The number of aromatic hydroxyl groups is 1. The zero-order valence-electron chi connectivity index (χ0n) is 15.5. The molecule has 0 saturated carbocycles. The van der Waals surface area contributed by atoms with Gasteiger partial charge in [0.25, 0.3) is 0 Å². The average Bonchev–Trinajstić information content (AvgIpc) is 2.57. The highest BCUT2D eigenvalue weighted by Gasteiger charge is 2.22. The molecular formula is C19H30O6. The molecular weight excluding hydrogens is 324 g/mol. The van der Waals surface area contributed by atoms with E-state index < -0.39 is 6.16 Å². The van der Waals surface area contributed by atoms with Gasteiger partial charge in [0.15, 0.2) is 23.0 Å². The Hall–Kier alpha value is -2.11. The Kier molecular flexibility index (Phi) is 9.58. The molecule has 6 heteroatoms. The summed E-state index contributed by atoms with van der Waals surface area (Å²) >= 11 is 0. The van der Waals surface area contributed by atoms with Crippen LogP contribution in [0.15, 0.2) is 6.07 Å². The van der Waals surface area contributed by atoms with Crippen molar-refractivity contribution in [2.75, 3.05) is 13.2 Å². The molecule has 1 aromatic rings. The summed E-state index contributed by atoms with van der Waals surface area (Å²) in [6.07, 6.45) is 4.58. The standard InChI is InChI=1S/C19H30O6/c1-4-7-10-14-17(20)15(25-19(21)22)13-16(23-11-8-5-2)18(14)24-12-9-6-3/h13,20H,4-12H2,1-3H3,(H,21,22). The zero-order chi connectivity index (χ0) is 18.7. The number of hydrogen-bond donors (Lipinski definition) is 2. The first kappa shape index (κ1) is 20.9. The fraction of sp³-hybridized carbons (Fsp3) is 0.632. The molecule has 0 aliphatic heterocycles. The molecule has 0 fully saturated rings. The number of phenols is 1. The maximum absolute atomic E-state index is 10.9. The number of hydrogen-bond acceptors (Lipinski definition) is 5. The summed E-state index contributed by atoms with van der Waals surface area (Å²) in [5.41, 5.74) is 0.545. The van der Waals surface area contributed by atoms with Crippen molar-refractivity contribution in [3.05, 3.63) is 11.6 Å². The second kappa shape index (κ2) is 11.4. The Balaban J connectivity index is 3.26. The molecule has 0 aliphatic rings. The summed E-state index contributed by atoms with van der Waals surface area (Å²) in [5.74, 6) is 0.607. The highest BCUT2D eigenvalue weighted by Crippen LogP contribution is 2.45. The summed E-state index contributed by atoms with van der Waals surface area (Å²) in [7, 11) is 0. The van der Waals surface area contributed by atoms with Crippen LogP contribution >= 0.6 is 0 Å². The fourth-order valence-corrected chi connectivity index (χ4v) is 2.33. The lowest BCUT2D eigenvalue weighted by Crippen LogP contribution is -2.08. The highest BCUT2D eigenvalue weighted by molar-refractivity contribution is 5.67. The second-order valence-electron chi connectivity index (χ2n) is 5.90. The predicted octanol–water partition coefficient (Wildman–Crippen LogP) is 5.15. The molecule has 0 bridgehead atoms. The Morgan fingerprint density at radius 1 is 0.960 bits per heavy atom. The highest BCUT2D eigenvalue weighted by atomic mass is 16.7. The van der Waals surface area contributed by atoms with Crippen LogP contribution in [0.3, 0.4) is 0 Å². The van der Waals surface area contributed by atoms with Crippen molar-refractivity contribution in [1.29, 1.82) is 0 Å². The number of carbonyl (C=O) groups is 1. The number of rotatable bonds is 12. The van der Waals surface area contributed by atoms with Crippen molar-refractivity contribution < 1.29 is 29.2 Å². The fourth-order valence-electron chi connectivity index (χ4n) is 2.33. The molecule has 1 aromatic carbocycles. The minimum atomic E-state index is -1.48. The molecule has 2 N–H and O–H groups in total. The van der Waals surface area contributed by atoms with Gasteiger partial charge < -0.3 is 24.4 Å². The quantitative estimate of drug-likeness (QED) is 0.307. The summed E-state index contributed by atoms with van der Waals surface area (Å²) < 4.78 is 16.4. The van der Waals surface area contributed by atoms with E-state index in [0.717, 1.165) is 38.5 Å². The van der Waals surface area contributed by atoms with Gasteiger partial charge in [0, 0.05) is 11.6 Å². The maximum Gasteiger partial charge on any atom is 0.511 e. The van der Waals surface area contributed by atoms with Gasteiger partial charge in [-0.2, -0.15) is 0 Å². The molecule has 0 radical (unpaired) electrons. The number of unbranched alkanes of at least 4 members (excludes halogenated alkanes) is 3. The normalized spacial score (nSPS) is 10.5. The Bertz CT molecular complexity index is 541. The summed E-state index contributed by atoms with van der Waals surface area (Å²) in [6.45, 7) is 7.18. The third kappa shape index (κ3) is 6.72. The lowest BCUT2D eigenvalue weighted by atomic mass is 10.0. The first-order valence-electron chi connectivity index (χ1n) is 9.10. The predicted molar refractivity (Wildman–Crippen MR) is 96.2 cm³/mol. The van der Waals surface area contributed by atoms with Gasteiger partial charge >= 0.3 is 6.16 Å². The van der Waals surface area contributed by atoms with Crippen LogP contribution in [0.1, 0.15) is 64.9 Å². The molecule has 142 valence electrons. The van der Waals surface area contributed by atoms with Gasteiger partial charge in [0.05, 0.1) is 13.2 Å². The van der Waals surface area contributed by atoms with Crippen LogP contribution in [0, 0.1) is 0 Å². The third-order valence-corrected chi connectivity index (χ3v) is 3.76. The number of carboxylic acid groups (broad SMARTS) is 1. The molecule has 1 rings (SSSR count). The van der Waals surface area contributed by atoms with Crippen molar-refractivity contribution in [1.82, 2.24) is 0 Å². The summed E-state index contributed by atoms with van der Waals surface area (Å²) in [5, 5.41) is 19.4. The van der Waals surface area contributed by atoms with Gasteiger partial charge in [-0.15, -0.1) is 0 Å². The lowest BCUT2D eigenvalue weighted by molar-refractivity contribution is 0.142.